The van der Waals surface area contributed by atoms with Crippen LogP contribution in [0.1, 0.15) is 53.2 Å². The van der Waals surface area contributed by atoms with E-state index in [1.807, 2.05) is 18.2 Å². The molecular formula is C17H21Br2N3. The first kappa shape index (κ1) is 17.5. The molecule has 0 atom stereocenters. The van der Waals surface area contributed by atoms with Crippen molar-refractivity contribution in [3.8, 4) is 11.4 Å². The monoisotopic (exact) mass is 425 g/mol. The molecule has 0 radical (unpaired) electrons. The first-order valence-electron chi connectivity index (χ1n) is 7.20. The summed E-state index contributed by atoms with van der Waals surface area (Å²) >= 11 is 7.05. The smallest absolute Gasteiger partial charge is 0.163 e. The van der Waals surface area contributed by atoms with E-state index in [0.29, 0.717) is 5.82 Å². The Hall–Kier alpha value is -0.810. The lowest BCUT2D eigenvalue weighted by Gasteiger charge is -2.22. The van der Waals surface area contributed by atoms with Crippen LogP contribution < -0.4 is 0 Å². The zero-order chi connectivity index (χ0) is 16.7. The van der Waals surface area contributed by atoms with Gasteiger partial charge >= 0.3 is 0 Å². The van der Waals surface area contributed by atoms with Crippen molar-refractivity contribution in [1.29, 1.82) is 0 Å². The molecule has 5 heteroatoms. The highest BCUT2D eigenvalue weighted by Crippen LogP contribution is 2.29. The molecule has 3 nitrogen and oxygen atoms in total. The minimum absolute atomic E-state index is 0.124. The molecule has 0 bridgehead atoms. The first-order chi connectivity index (χ1) is 9.96. The number of benzene rings is 1. The van der Waals surface area contributed by atoms with Crippen molar-refractivity contribution in [1.82, 2.24) is 15.0 Å². The van der Waals surface area contributed by atoms with E-state index >= 15 is 0 Å². The summed E-state index contributed by atoms with van der Waals surface area (Å²) in [5.74, 6) is 2.35. The van der Waals surface area contributed by atoms with Crippen LogP contribution in [0.3, 0.4) is 0 Å². The van der Waals surface area contributed by atoms with Crippen molar-refractivity contribution < 1.29 is 0 Å². The van der Waals surface area contributed by atoms with E-state index in [0.717, 1.165) is 26.2 Å². The molecular weight excluding hydrogens is 406 g/mol. The van der Waals surface area contributed by atoms with Crippen LogP contribution in [0.15, 0.2) is 27.1 Å². The highest BCUT2D eigenvalue weighted by atomic mass is 79.9. The molecule has 0 saturated heterocycles. The topological polar surface area (TPSA) is 38.7 Å². The lowest BCUT2D eigenvalue weighted by atomic mass is 9.93. The first-order valence-corrected chi connectivity index (χ1v) is 8.79. The average Bonchev–Trinajstić information content (AvgIpc) is 2.35. The Morgan fingerprint density at radius 2 is 1.09 bits per heavy atom. The van der Waals surface area contributed by atoms with E-state index < -0.39 is 0 Å². The van der Waals surface area contributed by atoms with Gasteiger partial charge in [-0.2, -0.15) is 0 Å². The van der Waals surface area contributed by atoms with Gasteiger partial charge in [-0.1, -0.05) is 73.4 Å². The zero-order valence-electron chi connectivity index (χ0n) is 13.8. The summed E-state index contributed by atoms with van der Waals surface area (Å²) in [7, 11) is 0. The predicted molar refractivity (Wildman–Crippen MR) is 98.1 cm³/mol. The molecule has 0 aliphatic heterocycles. The number of halogens is 2. The summed E-state index contributed by atoms with van der Waals surface area (Å²) in [5.41, 5.74) is 0.724. The van der Waals surface area contributed by atoms with E-state index in [-0.39, 0.29) is 10.8 Å². The fraction of sp³-hybridized carbons (Fsp3) is 0.471. The Balaban J connectivity index is 2.70. The molecule has 22 heavy (non-hydrogen) atoms. The molecule has 118 valence electrons. The average molecular weight is 427 g/mol. The van der Waals surface area contributed by atoms with Gasteiger partial charge in [0, 0.05) is 25.3 Å². The van der Waals surface area contributed by atoms with Gasteiger partial charge in [0.2, 0.25) is 0 Å². The maximum Gasteiger partial charge on any atom is 0.163 e. The van der Waals surface area contributed by atoms with Crippen molar-refractivity contribution in [3.05, 3.63) is 38.8 Å². The molecule has 0 saturated carbocycles. The van der Waals surface area contributed by atoms with Gasteiger partial charge in [0.25, 0.3) is 0 Å². The Morgan fingerprint density at radius 3 is 1.45 bits per heavy atom. The molecule has 0 spiro atoms. The van der Waals surface area contributed by atoms with Crippen LogP contribution in [-0.2, 0) is 10.8 Å². The largest absolute Gasteiger partial charge is 0.217 e. The van der Waals surface area contributed by atoms with Crippen molar-refractivity contribution in [2.75, 3.05) is 0 Å². The Labute approximate surface area is 149 Å². The van der Waals surface area contributed by atoms with Gasteiger partial charge in [0.05, 0.1) is 0 Å². The van der Waals surface area contributed by atoms with Crippen molar-refractivity contribution >= 4 is 31.9 Å². The van der Waals surface area contributed by atoms with Crippen LogP contribution in [-0.4, -0.2) is 15.0 Å². The van der Waals surface area contributed by atoms with Gasteiger partial charge in [-0.05, 0) is 18.2 Å². The van der Waals surface area contributed by atoms with Crippen molar-refractivity contribution in [3.63, 3.8) is 0 Å². The van der Waals surface area contributed by atoms with E-state index in [2.05, 4.69) is 73.4 Å². The van der Waals surface area contributed by atoms with Crippen molar-refractivity contribution in [2.24, 2.45) is 0 Å². The normalized spacial score (nSPS) is 12.5. The van der Waals surface area contributed by atoms with E-state index in [4.69, 9.17) is 15.0 Å². The standard InChI is InChI=1S/C17H21Br2N3/c1-16(2,3)14-20-13(21-15(22-14)17(4,5)6)10-7-11(18)9-12(19)8-10/h7-9H,1-6H3. The fourth-order valence-electron chi connectivity index (χ4n) is 1.86. The van der Waals surface area contributed by atoms with E-state index in [1.165, 1.54) is 0 Å². The molecule has 2 aromatic rings. The minimum atomic E-state index is -0.124. The Kier molecular flexibility index (Phi) is 4.79. The van der Waals surface area contributed by atoms with Crippen LogP contribution in [0.5, 0.6) is 0 Å². The number of rotatable bonds is 1. The fourth-order valence-corrected chi connectivity index (χ4v) is 3.15. The molecule has 0 N–H and O–H groups in total. The van der Waals surface area contributed by atoms with Crippen LogP contribution in [0.25, 0.3) is 11.4 Å². The molecule has 0 amide bonds. The molecule has 1 aromatic carbocycles. The van der Waals surface area contributed by atoms with Gasteiger partial charge < -0.3 is 0 Å². The highest BCUT2D eigenvalue weighted by Gasteiger charge is 2.25. The molecule has 0 unspecified atom stereocenters. The third-order valence-corrected chi connectivity index (χ3v) is 4.01. The zero-order valence-corrected chi connectivity index (χ0v) is 17.0. The third-order valence-electron chi connectivity index (χ3n) is 3.10. The highest BCUT2D eigenvalue weighted by molar-refractivity contribution is 9.11. The van der Waals surface area contributed by atoms with Crippen LogP contribution in [0.2, 0.25) is 0 Å². The van der Waals surface area contributed by atoms with Gasteiger partial charge in [0.15, 0.2) is 5.82 Å². The minimum Gasteiger partial charge on any atom is -0.217 e. The van der Waals surface area contributed by atoms with Crippen LogP contribution in [0.4, 0.5) is 0 Å². The van der Waals surface area contributed by atoms with Gasteiger partial charge in [-0.25, -0.2) is 15.0 Å². The van der Waals surface area contributed by atoms with Gasteiger partial charge in [-0.15, -0.1) is 0 Å². The number of nitrogens with zero attached hydrogens (tertiary/aromatic N) is 3. The summed E-state index contributed by atoms with van der Waals surface area (Å²) in [4.78, 5) is 14.1. The van der Waals surface area contributed by atoms with E-state index in [9.17, 15) is 0 Å². The van der Waals surface area contributed by atoms with Crippen LogP contribution >= 0.6 is 31.9 Å². The summed E-state index contributed by atoms with van der Waals surface area (Å²) < 4.78 is 1.99. The lowest BCUT2D eigenvalue weighted by molar-refractivity contribution is 0.497. The van der Waals surface area contributed by atoms with Crippen LogP contribution in [0, 0.1) is 0 Å². The maximum absolute atomic E-state index is 4.71. The Bertz CT molecular complexity index is 646. The molecule has 2 rings (SSSR count). The molecule has 1 heterocycles. The number of hydrogen-bond acceptors (Lipinski definition) is 3. The lowest BCUT2D eigenvalue weighted by Crippen LogP contribution is -2.24. The second-order valence-electron chi connectivity index (χ2n) is 7.46. The molecule has 0 aliphatic rings. The molecule has 0 fully saturated rings. The summed E-state index contributed by atoms with van der Waals surface area (Å²) in [6.07, 6.45) is 0. The summed E-state index contributed by atoms with van der Waals surface area (Å²) in [6, 6.07) is 6.05. The predicted octanol–water partition coefficient (Wildman–Crippen LogP) is 5.66. The SMILES string of the molecule is CC(C)(C)c1nc(-c2cc(Br)cc(Br)c2)nc(C(C)(C)C)n1. The summed E-state index contributed by atoms with van der Waals surface area (Å²) in [5, 5.41) is 0. The number of hydrogen-bond donors (Lipinski definition) is 0. The second kappa shape index (κ2) is 6.00. The van der Waals surface area contributed by atoms with Gasteiger partial charge in [0.1, 0.15) is 11.6 Å². The molecule has 1 aromatic heterocycles. The van der Waals surface area contributed by atoms with Gasteiger partial charge in [-0.3, -0.25) is 0 Å². The second-order valence-corrected chi connectivity index (χ2v) is 9.30. The molecule has 0 aliphatic carbocycles. The maximum atomic E-state index is 4.71. The van der Waals surface area contributed by atoms with Crippen molar-refractivity contribution in [2.45, 2.75) is 52.4 Å². The van der Waals surface area contributed by atoms with E-state index in [1.54, 1.807) is 0 Å². The third kappa shape index (κ3) is 4.13. The Morgan fingerprint density at radius 1 is 0.682 bits per heavy atom. The summed E-state index contributed by atoms with van der Waals surface area (Å²) in [6.45, 7) is 12.7. The quantitative estimate of drug-likeness (QED) is 0.590. The number of aromatic nitrogens is 3.